The van der Waals surface area contributed by atoms with Crippen LogP contribution in [0.4, 0.5) is 23.2 Å². The molecule has 2 aromatic carbocycles. The van der Waals surface area contributed by atoms with Crippen molar-refractivity contribution >= 4 is 11.6 Å². The molecule has 4 rings (SSSR count). The molecule has 172 valence electrons. The van der Waals surface area contributed by atoms with Crippen molar-refractivity contribution in [3.05, 3.63) is 89.0 Å². The lowest BCUT2D eigenvalue weighted by Crippen LogP contribution is -2.37. The minimum absolute atomic E-state index is 0.0723. The number of anilines is 1. The van der Waals surface area contributed by atoms with Crippen LogP contribution < -0.4 is 9.64 Å². The highest BCUT2D eigenvalue weighted by Crippen LogP contribution is 2.32. The minimum atomic E-state index is -4.54. The van der Waals surface area contributed by atoms with Gasteiger partial charge in [-0.05, 0) is 47.4 Å². The normalized spacial score (nSPS) is 13.8. The number of pyridine rings is 1. The lowest BCUT2D eigenvalue weighted by Gasteiger charge is -2.26. The van der Waals surface area contributed by atoms with Gasteiger partial charge in [-0.3, -0.25) is 9.78 Å². The molecule has 0 spiro atoms. The third-order valence-corrected chi connectivity index (χ3v) is 5.42. The van der Waals surface area contributed by atoms with Crippen molar-refractivity contribution in [2.75, 3.05) is 18.1 Å². The summed E-state index contributed by atoms with van der Waals surface area (Å²) in [5.74, 6) is -0.516. The van der Waals surface area contributed by atoms with Crippen molar-refractivity contribution in [3.63, 3.8) is 0 Å². The van der Waals surface area contributed by atoms with Gasteiger partial charge in [-0.15, -0.1) is 0 Å². The topological polar surface area (TPSA) is 62.7 Å². The molecule has 0 aliphatic carbocycles. The summed E-state index contributed by atoms with van der Waals surface area (Å²) in [4.78, 5) is 18.0. The van der Waals surface area contributed by atoms with Crippen LogP contribution in [-0.2, 0) is 23.8 Å². The molecule has 3 aromatic rings. The number of aliphatic hydroxyl groups excluding tert-OH is 1. The Labute approximate surface area is 187 Å². The van der Waals surface area contributed by atoms with Crippen molar-refractivity contribution in [1.82, 2.24) is 4.98 Å². The molecular formula is C24H20F4N2O3. The van der Waals surface area contributed by atoms with Crippen molar-refractivity contribution in [1.29, 1.82) is 0 Å². The molecule has 5 nitrogen and oxygen atoms in total. The number of hydrogen-bond acceptors (Lipinski definition) is 4. The summed E-state index contributed by atoms with van der Waals surface area (Å²) >= 11 is 0. The van der Waals surface area contributed by atoms with Crippen molar-refractivity contribution < 1.29 is 32.2 Å². The average molecular weight is 460 g/mol. The third-order valence-electron chi connectivity index (χ3n) is 5.42. The maximum Gasteiger partial charge on any atom is 0.433 e. The number of amides is 1. The Balaban J connectivity index is 1.58. The van der Waals surface area contributed by atoms with Gasteiger partial charge in [0.05, 0.1) is 6.61 Å². The number of ether oxygens (including phenoxy) is 1. The zero-order chi connectivity index (χ0) is 23.6. The highest BCUT2D eigenvalue weighted by Gasteiger charge is 2.32. The summed E-state index contributed by atoms with van der Waals surface area (Å²) in [7, 11) is 0. The Bertz CT molecular complexity index is 1130. The van der Waals surface area contributed by atoms with Crippen LogP contribution in [-0.4, -0.2) is 29.1 Å². The number of hydrogen-bond donors (Lipinski definition) is 1. The van der Waals surface area contributed by atoms with Crippen molar-refractivity contribution in [3.8, 4) is 5.75 Å². The fraction of sp³-hybridized carbons (Fsp3) is 0.250. The minimum Gasteiger partial charge on any atom is -0.493 e. The second kappa shape index (κ2) is 9.19. The van der Waals surface area contributed by atoms with E-state index in [0.717, 1.165) is 36.4 Å². The Kier molecular flexibility index (Phi) is 6.33. The second-order valence-corrected chi connectivity index (χ2v) is 7.63. The standard InChI is InChI=1S/C24H20F4N2O3/c25-18-5-2-17(3-6-18)22(31)23(32)30(19-7-4-16-10-12-33-20(16)13-19)11-9-15-1-8-21(29-14-15)24(26,27)28/h1-8,13-14,22,31H,9-12H2. The van der Waals surface area contributed by atoms with E-state index in [1.807, 2.05) is 6.07 Å². The number of alkyl halides is 3. The summed E-state index contributed by atoms with van der Waals surface area (Å²) < 4.78 is 57.1. The van der Waals surface area contributed by atoms with E-state index in [1.165, 1.54) is 23.1 Å². The molecule has 0 bridgehead atoms. The first kappa shape index (κ1) is 22.7. The summed E-state index contributed by atoms with van der Waals surface area (Å²) in [6.07, 6.45) is -4.02. The predicted octanol–water partition coefficient (Wildman–Crippen LogP) is 4.48. The molecule has 2 heterocycles. The Morgan fingerprint density at radius 2 is 1.88 bits per heavy atom. The number of halogens is 4. The quantitative estimate of drug-likeness (QED) is 0.551. The molecule has 1 unspecified atom stereocenters. The highest BCUT2D eigenvalue weighted by molar-refractivity contribution is 5.97. The SMILES string of the molecule is O=C(C(O)c1ccc(F)cc1)N(CCc1ccc(C(F)(F)F)nc1)c1ccc2c(c1)OCC2. The zero-order valence-electron chi connectivity index (χ0n) is 17.3. The molecule has 33 heavy (non-hydrogen) atoms. The van der Waals surface area contributed by atoms with E-state index in [-0.39, 0.29) is 18.5 Å². The number of benzene rings is 2. The largest absolute Gasteiger partial charge is 0.493 e. The summed E-state index contributed by atoms with van der Waals surface area (Å²) in [6, 6.07) is 12.4. The van der Waals surface area contributed by atoms with Gasteiger partial charge < -0.3 is 14.7 Å². The highest BCUT2D eigenvalue weighted by atomic mass is 19.4. The summed E-state index contributed by atoms with van der Waals surface area (Å²) in [5.41, 5.74) is 1.19. The van der Waals surface area contributed by atoms with E-state index in [9.17, 15) is 27.5 Å². The van der Waals surface area contributed by atoms with E-state index in [4.69, 9.17) is 4.74 Å². The van der Waals surface area contributed by atoms with E-state index >= 15 is 0 Å². The predicted molar refractivity (Wildman–Crippen MR) is 112 cm³/mol. The van der Waals surface area contributed by atoms with Gasteiger partial charge in [-0.2, -0.15) is 13.2 Å². The molecule has 0 fully saturated rings. The van der Waals surface area contributed by atoms with Crippen LogP contribution in [0.3, 0.4) is 0 Å². The smallest absolute Gasteiger partial charge is 0.433 e. The molecule has 1 aliphatic rings. The average Bonchev–Trinajstić information content (AvgIpc) is 3.27. The Morgan fingerprint density at radius 3 is 2.55 bits per heavy atom. The molecule has 1 amide bonds. The van der Waals surface area contributed by atoms with Gasteiger partial charge >= 0.3 is 6.18 Å². The van der Waals surface area contributed by atoms with Gasteiger partial charge in [-0.1, -0.05) is 24.3 Å². The summed E-state index contributed by atoms with van der Waals surface area (Å²) in [6.45, 7) is 0.602. The van der Waals surface area contributed by atoms with E-state index in [1.54, 1.807) is 12.1 Å². The fourth-order valence-electron chi connectivity index (χ4n) is 3.61. The maximum atomic E-state index is 13.2. The molecule has 0 saturated heterocycles. The molecule has 1 aliphatic heterocycles. The number of nitrogens with zero attached hydrogens (tertiary/aromatic N) is 2. The first-order valence-electron chi connectivity index (χ1n) is 10.2. The van der Waals surface area contributed by atoms with Crippen LogP contribution in [0.1, 0.15) is 28.5 Å². The molecule has 1 aromatic heterocycles. The molecule has 9 heteroatoms. The Morgan fingerprint density at radius 1 is 1.12 bits per heavy atom. The number of aromatic nitrogens is 1. The molecule has 0 radical (unpaired) electrons. The van der Waals surface area contributed by atoms with Gasteiger partial charge in [0, 0.05) is 30.9 Å². The van der Waals surface area contributed by atoms with Crippen LogP contribution in [0.15, 0.2) is 60.8 Å². The van der Waals surface area contributed by atoms with Crippen LogP contribution in [0.2, 0.25) is 0 Å². The van der Waals surface area contributed by atoms with Gasteiger partial charge in [0.25, 0.3) is 5.91 Å². The lowest BCUT2D eigenvalue weighted by atomic mass is 10.1. The van der Waals surface area contributed by atoms with Crippen LogP contribution in [0.25, 0.3) is 0 Å². The summed E-state index contributed by atoms with van der Waals surface area (Å²) in [5, 5.41) is 10.6. The zero-order valence-corrected chi connectivity index (χ0v) is 17.3. The van der Waals surface area contributed by atoms with E-state index < -0.39 is 29.7 Å². The number of carbonyl (C=O) groups is 1. The van der Waals surface area contributed by atoms with Crippen LogP contribution in [0.5, 0.6) is 5.75 Å². The number of fused-ring (bicyclic) bond motifs is 1. The molecule has 1 N–H and O–H groups in total. The van der Waals surface area contributed by atoms with E-state index in [2.05, 4.69) is 4.98 Å². The number of aliphatic hydroxyl groups is 1. The lowest BCUT2D eigenvalue weighted by molar-refractivity contribution is -0.141. The van der Waals surface area contributed by atoms with Gasteiger partial charge in [0.2, 0.25) is 0 Å². The first-order valence-corrected chi connectivity index (χ1v) is 10.2. The number of rotatable bonds is 6. The second-order valence-electron chi connectivity index (χ2n) is 7.63. The monoisotopic (exact) mass is 460 g/mol. The van der Waals surface area contributed by atoms with Crippen LogP contribution in [0, 0.1) is 5.82 Å². The molecular weight excluding hydrogens is 440 g/mol. The molecule has 1 atom stereocenters. The van der Waals surface area contributed by atoms with Gasteiger partial charge in [0.15, 0.2) is 6.10 Å². The Hall–Kier alpha value is -3.46. The first-order chi connectivity index (χ1) is 15.7. The van der Waals surface area contributed by atoms with Crippen molar-refractivity contribution in [2.24, 2.45) is 0 Å². The van der Waals surface area contributed by atoms with E-state index in [0.29, 0.717) is 23.6 Å². The number of carbonyl (C=O) groups excluding carboxylic acids is 1. The third kappa shape index (κ3) is 5.14. The van der Waals surface area contributed by atoms with Crippen molar-refractivity contribution in [2.45, 2.75) is 25.1 Å². The van der Waals surface area contributed by atoms with Gasteiger partial charge in [0.1, 0.15) is 17.3 Å². The molecule has 0 saturated carbocycles. The fourth-order valence-corrected chi connectivity index (χ4v) is 3.61. The van der Waals surface area contributed by atoms with Crippen LogP contribution >= 0.6 is 0 Å². The maximum absolute atomic E-state index is 13.2. The van der Waals surface area contributed by atoms with Gasteiger partial charge in [-0.25, -0.2) is 4.39 Å².